The molecule has 0 aliphatic heterocycles. The second kappa shape index (κ2) is 4.91. The maximum atomic E-state index is 3.38. The van der Waals surface area contributed by atoms with Crippen molar-refractivity contribution >= 4 is 17.1 Å². The molecule has 0 atom stereocenters. The van der Waals surface area contributed by atoms with Crippen molar-refractivity contribution in [3.05, 3.63) is 54.1 Å². The third-order valence-corrected chi connectivity index (χ3v) is 2.72. The molecule has 0 aliphatic carbocycles. The summed E-state index contributed by atoms with van der Waals surface area (Å²) in [5.41, 5.74) is 4.71. The van der Waals surface area contributed by atoms with Crippen LogP contribution < -0.4 is 10.2 Å². The van der Waals surface area contributed by atoms with Crippen LogP contribution in [0.2, 0.25) is 0 Å². The minimum absolute atomic E-state index is 1.11. The molecule has 0 bridgehead atoms. The molecule has 2 nitrogen and oxygen atoms in total. The molecule has 2 aromatic carbocycles. The predicted molar refractivity (Wildman–Crippen MR) is 75.2 cm³/mol. The number of hydrogen-bond acceptors (Lipinski definition) is 2. The molecule has 0 aromatic heterocycles. The molecule has 2 rings (SSSR count). The van der Waals surface area contributed by atoms with E-state index in [0.717, 1.165) is 11.4 Å². The number of hydrogen-bond donors (Lipinski definition) is 1. The zero-order valence-corrected chi connectivity index (χ0v) is 10.6. The molecule has 0 saturated heterocycles. The Morgan fingerprint density at radius 1 is 0.765 bits per heavy atom. The number of benzene rings is 2. The van der Waals surface area contributed by atoms with Gasteiger partial charge in [0.2, 0.25) is 0 Å². The van der Waals surface area contributed by atoms with Gasteiger partial charge >= 0.3 is 0 Å². The Bertz CT molecular complexity index is 469. The summed E-state index contributed by atoms with van der Waals surface area (Å²) in [4.78, 5) is 2.09. The first-order valence-electron chi connectivity index (χ1n) is 5.76. The zero-order chi connectivity index (χ0) is 12.3. The summed E-state index contributed by atoms with van der Waals surface area (Å²) < 4.78 is 0. The summed E-state index contributed by atoms with van der Waals surface area (Å²) in [6, 6.07) is 16.8. The van der Waals surface area contributed by atoms with Crippen molar-refractivity contribution in [2.75, 3.05) is 24.3 Å². The van der Waals surface area contributed by atoms with Crippen LogP contribution in [0.3, 0.4) is 0 Å². The van der Waals surface area contributed by atoms with E-state index in [1.807, 2.05) is 14.1 Å². The lowest BCUT2D eigenvalue weighted by molar-refractivity contribution is 1.13. The first-order valence-corrected chi connectivity index (χ1v) is 5.76. The lowest BCUT2D eigenvalue weighted by Gasteiger charge is -2.13. The van der Waals surface area contributed by atoms with E-state index in [-0.39, 0.29) is 0 Å². The maximum absolute atomic E-state index is 3.38. The molecule has 0 amide bonds. The lowest BCUT2D eigenvalue weighted by atomic mass is 10.2. The Morgan fingerprint density at radius 2 is 1.24 bits per heavy atom. The third-order valence-electron chi connectivity index (χ3n) is 2.72. The number of anilines is 3. The van der Waals surface area contributed by atoms with Crippen LogP contribution in [0, 0.1) is 6.92 Å². The van der Waals surface area contributed by atoms with E-state index in [0.29, 0.717) is 0 Å². The fraction of sp³-hybridized carbons (Fsp3) is 0.200. The fourth-order valence-electron chi connectivity index (χ4n) is 1.65. The Hall–Kier alpha value is -1.96. The number of nitrogens with one attached hydrogen (secondary N) is 1. The molecule has 17 heavy (non-hydrogen) atoms. The molecule has 1 N–H and O–H groups in total. The van der Waals surface area contributed by atoms with E-state index in [1.54, 1.807) is 0 Å². The van der Waals surface area contributed by atoms with Gasteiger partial charge in [0, 0.05) is 31.2 Å². The van der Waals surface area contributed by atoms with Crippen molar-refractivity contribution in [2.45, 2.75) is 6.92 Å². The van der Waals surface area contributed by atoms with Gasteiger partial charge in [0.25, 0.3) is 0 Å². The first kappa shape index (κ1) is 11.5. The van der Waals surface area contributed by atoms with Gasteiger partial charge in [0.05, 0.1) is 0 Å². The average Bonchev–Trinajstić information content (AvgIpc) is 2.33. The highest BCUT2D eigenvalue weighted by Gasteiger charge is 1.96. The summed E-state index contributed by atoms with van der Waals surface area (Å²) in [5, 5.41) is 3.38. The largest absolute Gasteiger partial charge is 0.378 e. The van der Waals surface area contributed by atoms with Crippen LogP contribution in [0.5, 0.6) is 0 Å². The molecule has 88 valence electrons. The van der Waals surface area contributed by atoms with Gasteiger partial charge in [-0.2, -0.15) is 0 Å². The van der Waals surface area contributed by atoms with E-state index in [1.165, 1.54) is 11.3 Å². The monoisotopic (exact) mass is 226 g/mol. The minimum Gasteiger partial charge on any atom is -0.378 e. The summed E-state index contributed by atoms with van der Waals surface area (Å²) in [6.45, 7) is 2.09. The van der Waals surface area contributed by atoms with E-state index in [9.17, 15) is 0 Å². The lowest BCUT2D eigenvalue weighted by Crippen LogP contribution is -2.08. The summed E-state index contributed by atoms with van der Waals surface area (Å²) in [5.74, 6) is 0. The van der Waals surface area contributed by atoms with Gasteiger partial charge in [-0.05, 0) is 43.3 Å². The topological polar surface area (TPSA) is 15.3 Å². The van der Waals surface area contributed by atoms with E-state index in [2.05, 4.69) is 65.7 Å². The van der Waals surface area contributed by atoms with Crippen LogP contribution in [0.4, 0.5) is 17.1 Å². The van der Waals surface area contributed by atoms with Crippen LogP contribution in [-0.4, -0.2) is 14.1 Å². The summed E-state index contributed by atoms with van der Waals surface area (Å²) in [6.07, 6.45) is 0. The molecule has 2 aromatic rings. The number of aryl methyl sites for hydroxylation is 1. The van der Waals surface area contributed by atoms with E-state index in [4.69, 9.17) is 0 Å². The Labute approximate surface area is 103 Å². The number of rotatable bonds is 3. The quantitative estimate of drug-likeness (QED) is 0.856. The molecule has 0 fully saturated rings. The second-order valence-electron chi connectivity index (χ2n) is 4.43. The van der Waals surface area contributed by atoms with Gasteiger partial charge in [0.1, 0.15) is 0 Å². The second-order valence-corrected chi connectivity index (χ2v) is 4.43. The first-order chi connectivity index (χ1) is 8.15. The standard InChI is InChI=1S/C15H18N2/c1-12-4-6-13(7-5-12)16-14-8-10-15(11-9-14)17(2)3/h4-11,16H,1-3H3. The minimum atomic E-state index is 1.11. The molecule has 0 unspecified atom stereocenters. The molecule has 0 aliphatic rings. The Balaban J connectivity index is 2.11. The van der Waals surface area contributed by atoms with Gasteiger partial charge in [-0.15, -0.1) is 0 Å². The van der Waals surface area contributed by atoms with Crippen LogP contribution in [0.1, 0.15) is 5.56 Å². The van der Waals surface area contributed by atoms with Crippen molar-refractivity contribution in [3.63, 3.8) is 0 Å². The molecule has 2 heteroatoms. The van der Waals surface area contributed by atoms with E-state index >= 15 is 0 Å². The average molecular weight is 226 g/mol. The van der Waals surface area contributed by atoms with Crippen molar-refractivity contribution in [1.29, 1.82) is 0 Å². The predicted octanol–water partition coefficient (Wildman–Crippen LogP) is 3.80. The zero-order valence-electron chi connectivity index (χ0n) is 10.6. The highest BCUT2D eigenvalue weighted by atomic mass is 15.1. The van der Waals surface area contributed by atoms with Crippen LogP contribution >= 0.6 is 0 Å². The Kier molecular flexibility index (Phi) is 3.33. The van der Waals surface area contributed by atoms with Gasteiger partial charge in [-0.25, -0.2) is 0 Å². The van der Waals surface area contributed by atoms with Gasteiger partial charge < -0.3 is 10.2 Å². The van der Waals surface area contributed by atoms with Crippen LogP contribution in [0.25, 0.3) is 0 Å². The van der Waals surface area contributed by atoms with Crippen molar-refractivity contribution in [1.82, 2.24) is 0 Å². The molecule has 0 radical (unpaired) electrons. The van der Waals surface area contributed by atoms with Crippen LogP contribution in [-0.2, 0) is 0 Å². The highest BCUT2D eigenvalue weighted by molar-refractivity contribution is 5.62. The maximum Gasteiger partial charge on any atom is 0.0385 e. The van der Waals surface area contributed by atoms with Gasteiger partial charge in [-0.3, -0.25) is 0 Å². The normalized spacial score (nSPS) is 10.1. The molecule has 0 saturated carbocycles. The molecule has 0 spiro atoms. The summed E-state index contributed by atoms with van der Waals surface area (Å²) in [7, 11) is 4.09. The summed E-state index contributed by atoms with van der Waals surface area (Å²) >= 11 is 0. The molecule has 0 heterocycles. The molecular formula is C15H18N2. The van der Waals surface area contributed by atoms with Crippen LogP contribution in [0.15, 0.2) is 48.5 Å². The van der Waals surface area contributed by atoms with Crippen molar-refractivity contribution < 1.29 is 0 Å². The van der Waals surface area contributed by atoms with Gasteiger partial charge in [0.15, 0.2) is 0 Å². The smallest absolute Gasteiger partial charge is 0.0385 e. The van der Waals surface area contributed by atoms with Crippen molar-refractivity contribution in [2.24, 2.45) is 0 Å². The van der Waals surface area contributed by atoms with E-state index < -0.39 is 0 Å². The third kappa shape index (κ3) is 3.00. The fourth-order valence-corrected chi connectivity index (χ4v) is 1.65. The molecular weight excluding hydrogens is 208 g/mol. The SMILES string of the molecule is Cc1ccc(Nc2ccc(N(C)C)cc2)cc1. The number of nitrogens with zero attached hydrogens (tertiary/aromatic N) is 1. The van der Waals surface area contributed by atoms with Gasteiger partial charge in [-0.1, -0.05) is 17.7 Å². The highest BCUT2D eigenvalue weighted by Crippen LogP contribution is 2.20. The Morgan fingerprint density at radius 3 is 1.71 bits per heavy atom. The van der Waals surface area contributed by atoms with Crippen molar-refractivity contribution in [3.8, 4) is 0 Å².